The van der Waals surface area contributed by atoms with Crippen LogP contribution in [0.5, 0.6) is 0 Å². The van der Waals surface area contributed by atoms with Crippen LogP contribution in [0.3, 0.4) is 0 Å². The fraction of sp³-hybridized carbons (Fsp3) is 1.00. The van der Waals surface area contributed by atoms with Gasteiger partial charge in [0.2, 0.25) is 0 Å². The Hall–Kier alpha value is 0.900. The van der Waals surface area contributed by atoms with Crippen molar-refractivity contribution in [2.24, 2.45) is 0 Å². The third-order valence-corrected chi connectivity index (χ3v) is 1.44. The first-order chi connectivity index (χ1) is 5.89. The smallest absolute Gasteiger partial charge is 0.203 e. The van der Waals surface area contributed by atoms with Crippen LogP contribution in [0.15, 0.2) is 0 Å². The Balaban J connectivity index is 0. The second kappa shape index (κ2) is 6.48. The predicted molar refractivity (Wildman–Crippen MR) is 49.9 cm³/mol. The van der Waals surface area contributed by atoms with Gasteiger partial charge in [-0.05, 0) is 0 Å². The van der Waals surface area contributed by atoms with Gasteiger partial charge in [0, 0.05) is 45.2 Å². The lowest BCUT2D eigenvalue weighted by Crippen LogP contribution is -2.16. The predicted octanol–water partition coefficient (Wildman–Crippen LogP) is 4.56. The van der Waals surface area contributed by atoms with Crippen LogP contribution in [0.1, 0.15) is 0 Å². The molecule has 0 bridgehead atoms. The van der Waals surface area contributed by atoms with Crippen molar-refractivity contribution in [1.82, 2.24) is 0 Å². The number of hydrogen-bond acceptors (Lipinski definition) is 0. The second-order valence-electron chi connectivity index (χ2n) is 1.68. The largest absolute Gasteiger partial charge is 0.355 e. The second-order valence-corrected chi connectivity index (χ2v) is 4.56. The molecule has 0 rings (SSSR count). The normalized spacial score (nSPS) is 12.9. The molecule has 0 nitrogen and oxygen atoms in total. The van der Waals surface area contributed by atoms with E-state index in [1.54, 1.807) is 0 Å². The van der Waals surface area contributed by atoms with Gasteiger partial charge in [-0.2, -0.15) is 17.6 Å². The van der Waals surface area contributed by atoms with Gasteiger partial charge < -0.3 is 0 Å². The fourth-order valence-corrected chi connectivity index (χ4v) is 0. The summed E-state index contributed by atoms with van der Waals surface area (Å²) in [6.45, 7) is 0. The number of halogens is 10. The molecule has 88 valence electrons. The summed E-state index contributed by atoms with van der Waals surface area (Å²) in [5.41, 5.74) is 0. The van der Waals surface area contributed by atoms with Gasteiger partial charge in [0.15, 0.2) is 0 Å². The Labute approximate surface area is 101 Å². The zero-order valence-corrected chi connectivity index (χ0v) is 10.2. The average Bonchev–Trinajstić information content (AvgIpc) is 1.83. The van der Waals surface area contributed by atoms with Gasteiger partial charge >= 0.3 is 20.7 Å². The molecule has 0 aromatic rings. The number of alkyl halides is 10. The summed E-state index contributed by atoms with van der Waals surface area (Å²) in [5.74, 6) is 0. The highest BCUT2D eigenvalue weighted by Gasteiger charge is 2.36. The first-order valence-electron chi connectivity index (χ1n) is 2.58. The van der Waals surface area contributed by atoms with E-state index in [9.17, 15) is 35.1 Å². The molecule has 0 aliphatic heterocycles. The molecule has 0 spiro atoms. The molecule has 0 saturated heterocycles. The minimum absolute atomic E-state index is 0.383. The summed E-state index contributed by atoms with van der Waals surface area (Å²) in [7, 11) is 0. The molecule has 0 aliphatic rings. The molecule has 0 radical (unpaired) electrons. The Morgan fingerprint density at radius 1 is 0.643 bits per heavy atom. The van der Waals surface area contributed by atoms with E-state index >= 15 is 0 Å². The highest BCUT2D eigenvalue weighted by Crippen LogP contribution is 2.30. The van der Waals surface area contributed by atoms with Crippen molar-refractivity contribution < 1.29 is 35.1 Å². The third kappa shape index (κ3) is 11.0. The van der Waals surface area contributed by atoms with Gasteiger partial charge in [-0.3, -0.25) is 0 Å². The van der Waals surface area contributed by atoms with Crippen LogP contribution in [0.4, 0.5) is 35.1 Å². The van der Waals surface area contributed by atoms with Crippen molar-refractivity contribution in [2.45, 2.75) is 20.7 Å². The molecule has 0 heterocycles. The molecule has 0 aromatic carbocycles. The zero-order chi connectivity index (χ0) is 12.2. The van der Waals surface area contributed by atoms with Gasteiger partial charge in [0.25, 0.3) is 0 Å². The van der Waals surface area contributed by atoms with Crippen LogP contribution in [-0.4, -0.2) is 20.7 Å². The Morgan fingerprint density at radius 2 is 0.714 bits per heavy atom. The van der Waals surface area contributed by atoms with E-state index in [0.717, 1.165) is 0 Å². The molecule has 0 amide bonds. The molecule has 0 aliphatic carbocycles. The fourth-order valence-electron chi connectivity index (χ4n) is 0. The molecule has 0 unspecified atom stereocenters. The maximum Gasteiger partial charge on any atom is 0.355 e. The summed E-state index contributed by atoms with van der Waals surface area (Å²) in [6, 6.07) is 0. The molecule has 10 heteroatoms. The molecular formula is C4H2F8I2. The van der Waals surface area contributed by atoms with Crippen LogP contribution in [0, 0.1) is 0 Å². The Kier molecular flexibility index (Phi) is 8.00. The number of hydrogen-bond donors (Lipinski definition) is 0. The van der Waals surface area contributed by atoms with Crippen molar-refractivity contribution in [3.8, 4) is 0 Å². The quantitative estimate of drug-likeness (QED) is 0.325. The van der Waals surface area contributed by atoms with Crippen molar-refractivity contribution >= 4 is 45.2 Å². The van der Waals surface area contributed by atoms with E-state index < -0.39 is 20.7 Å². The van der Waals surface area contributed by atoms with Gasteiger partial charge in [-0.15, -0.1) is 0 Å². The van der Waals surface area contributed by atoms with E-state index in [1.165, 1.54) is 0 Å². The van der Waals surface area contributed by atoms with E-state index in [2.05, 4.69) is 0 Å². The van der Waals surface area contributed by atoms with Crippen molar-refractivity contribution in [2.75, 3.05) is 0 Å². The monoisotopic (exact) mass is 456 g/mol. The first-order valence-corrected chi connectivity index (χ1v) is 4.74. The topological polar surface area (TPSA) is 0 Å². The van der Waals surface area contributed by atoms with E-state index in [4.69, 9.17) is 0 Å². The SMILES string of the molecule is FC(F)C(F)(F)I.FC(F)C(F)(F)I. The van der Waals surface area contributed by atoms with Crippen molar-refractivity contribution in [1.29, 1.82) is 0 Å². The summed E-state index contributed by atoms with van der Waals surface area (Å²) in [5, 5.41) is 0. The van der Waals surface area contributed by atoms with Crippen molar-refractivity contribution in [3.05, 3.63) is 0 Å². The molecule has 0 atom stereocenters. The summed E-state index contributed by atoms with van der Waals surface area (Å²) < 4.78 is 79.7. The van der Waals surface area contributed by atoms with Crippen LogP contribution < -0.4 is 0 Å². The minimum atomic E-state index is -3.86. The molecule has 0 N–H and O–H groups in total. The molecule has 14 heavy (non-hydrogen) atoms. The zero-order valence-electron chi connectivity index (χ0n) is 5.93. The van der Waals surface area contributed by atoms with Crippen LogP contribution in [0.25, 0.3) is 0 Å². The lowest BCUT2D eigenvalue weighted by atomic mass is 10.8. The van der Waals surface area contributed by atoms with Gasteiger partial charge in [-0.1, -0.05) is 0 Å². The minimum Gasteiger partial charge on any atom is -0.203 e. The molecule has 0 aromatic heterocycles. The van der Waals surface area contributed by atoms with Crippen LogP contribution in [0.2, 0.25) is 0 Å². The molecular weight excluding hydrogens is 454 g/mol. The lowest BCUT2D eigenvalue weighted by Gasteiger charge is -2.03. The van der Waals surface area contributed by atoms with Gasteiger partial charge in [0.1, 0.15) is 0 Å². The van der Waals surface area contributed by atoms with Gasteiger partial charge in [-0.25, -0.2) is 17.6 Å². The maximum absolute atomic E-state index is 11.1. The standard InChI is InChI=1S/2C2HF4I/c2*3-1(4)2(5,6)7/h2*1H. The summed E-state index contributed by atoms with van der Waals surface area (Å²) >= 11 is 0.766. The molecule has 0 saturated carbocycles. The first kappa shape index (κ1) is 17.3. The van der Waals surface area contributed by atoms with E-state index in [-0.39, 0.29) is 0 Å². The van der Waals surface area contributed by atoms with E-state index in [0.29, 0.717) is 45.2 Å². The Bertz CT molecular complexity index is 128. The van der Waals surface area contributed by atoms with Crippen LogP contribution in [-0.2, 0) is 0 Å². The highest BCUT2D eigenvalue weighted by atomic mass is 127. The number of rotatable bonds is 2. The maximum atomic E-state index is 11.1. The third-order valence-electron chi connectivity index (χ3n) is 0.495. The summed E-state index contributed by atoms with van der Waals surface area (Å²) in [4.78, 5) is 0. The highest BCUT2D eigenvalue weighted by molar-refractivity contribution is 14.1. The van der Waals surface area contributed by atoms with E-state index in [1.807, 2.05) is 0 Å². The van der Waals surface area contributed by atoms with Crippen LogP contribution >= 0.6 is 45.2 Å². The molecule has 0 fully saturated rings. The van der Waals surface area contributed by atoms with Gasteiger partial charge in [0.05, 0.1) is 0 Å². The summed E-state index contributed by atoms with van der Waals surface area (Å²) in [6.07, 6.45) is -7.10. The average molecular weight is 456 g/mol. The van der Waals surface area contributed by atoms with Crippen molar-refractivity contribution in [3.63, 3.8) is 0 Å². The lowest BCUT2D eigenvalue weighted by molar-refractivity contribution is -0.0421. The Morgan fingerprint density at radius 3 is 0.714 bits per heavy atom.